The lowest BCUT2D eigenvalue weighted by atomic mass is 10.0. The molecular formula is C21H22F3N3O2. The average Bonchev–Trinajstić information content (AvgIpc) is 3.50. The van der Waals surface area contributed by atoms with Gasteiger partial charge in [-0.25, -0.2) is 0 Å². The van der Waals surface area contributed by atoms with Crippen LogP contribution in [0.2, 0.25) is 0 Å². The molecule has 8 heteroatoms. The first-order valence-electron chi connectivity index (χ1n) is 9.34. The lowest BCUT2D eigenvalue weighted by Gasteiger charge is -2.17. The number of benzene rings is 2. The van der Waals surface area contributed by atoms with Crippen molar-refractivity contribution in [3.8, 4) is 0 Å². The van der Waals surface area contributed by atoms with E-state index in [1.54, 1.807) is 37.3 Å². The normalized spacial score (nSPS) is 14.9. The van der Waals surface area contributed by atoms with E-state index >= 15 is 0 Å². The van der Waals surface area contributed by atoms with Crippen molar-refractivity contribution in [2.45, 2.75) is 38.0 Å². The molecule has 1 atom stereocenters. The first-order chi connectivity index (χ1) is 13.7. The summed E-state index contributed by atoms with van der Waals surface area (Å²) in [6, 6.07) is 11.4. The van der Waals surface area contributed by atoms with Crippen molar-refractivity contribution < 1.29 is 22.8 Å². The molecule has 29 heavy (non-hydrogen) atoms. The number of halogens is 3. The van der Waals surface area contributed by atoms with Gasteiger partial charge in [-0.3, -0.25) is 9.59 Å². The van der Waals surface area contributed by atoms with E-state index in [4.69, 9.17) is 0 Å². The van der Waals surface area contributed by atoms with Gasteiger partial charge >= 0.3 is 6.18 Å². The van der Waals surface area contributed by atoms with Crippen molar-refractivity contribution in [1.29, 1.82) is 0 Å². The molecule has 1 fully saturated rings. The Labute approximate surface area is 166 Å². The first-order valence-corrected chi connectivity index (χ1v) is 9.34. The lowest BCUT2D eigenvalue weighted by molar-refractivity contribution is -0.137. The predicted molar refractivity (Wildman–Crippen MR) is 103 cm³/mol. The zero-order valence-corrected chi connectivity index (χ0v) is 15.8. The molecule has 2 amide bonds. The highest BCUT2D eigenvalue weighted by atomic mass is 19.4. The molecule has 0 aliphatic heterocycles. The summed E-state index contributed by atoms with van der Waals surface area (Å²) in [5, 5.41) is 8.47. The zero-order valence-electron chi connectivity index (χ0n) is 15.8. The third-order valence-electron chi connectivity index (χ3n) is 4.64. The molecule has 0 saturated heterocycles. The lowest BCUT2D eigenvalue weighted by Crippen LogP contribution is -2.31. The fourth-order valence-electron chi connectivity index (χ4n) is 2.82. The molecule has 2 aromatic rings. The molecule has 3 N–H and O–H groups in total. The standard InChI is InChI=1S/C21H22F3N3O2/c1-13(14-5-4-6-15(11-14)21(22,23)24)25-12-19(28)27-18-8-3-2-7-17(18)20(29)26-16-9-10-16/h2-8,11,13,16,25H,9-10,12H2,1H3,(H,26,29)(H,27,28)/t13-/m0/s1. The Bertz CT molecular complexity index is 895. The topological polar surface area (TPSA) is 70.2 Å². The summed E-state index contributed by atoms with van der Waals surface area (Å²) < 4.78 is 38.6. The van der Waals surface area contributed by atoms with Gasteiger partial charge in [-0.05, 0) is 49.6 Å². The Balaban J connectivity index is 1.58. The first kappa shape index (κ1) is 20.9. The maximum Gasteiger partial charge on any atom is 0.416 e. The minimum atomic E-state index is -4.42. The third kappa shape index (κ3) is 5.80. The maximum atomic E-state index is 12.9. The van der Waals surface area contributed by atoms with Crippen LogP contribution >= 0.6 is 0 Å². The van der Waals surface area contributed by atoms with Gasteiger partial charge in [0.1, 0.15) is 0 Å². The molecule has 1 aliphatic carbocycles. The molecule has 0 bridgehead atoms. The molecule has 0 aromatic heterocycles. The van der Waals surface area contributed by atoms with Gasteiger partial charge in [-0.15, -0.1) is 0 Å². The molecule has 0 spiro atoms. The van der Waals surface area contributed by atoms with E-state index < -0.39 is 23.7 Å². The van der Waals surface area contributed by atoms with Gasteiger partial charge in [-0.2, -0.15) is 13.2 Å². The molecule has 0 unspecified atom stereocenters. The van der Waals surface area contributed by atoms with Gasteiger partial charge < -0.3 is 16.0 Å². The fraction of sp³-hybridized carbons (Fsp3) is 0.333. The van der Waals surface area contributed by atoms with Crippen LogP contribution < -0.4 is 16.0 Å². The number of hydrogen-bond acceptors (Lipinski definition) is 3. The summed E-state index contributed by atoms with van der Waals surface area (Å²) in [6.45, 7) is 1.57. The van der Waals surface area contributed by atoms with Crippen LogP contribution in [-0.2, 0) is 11.0 Å². The minimum absolute atomic E-state index is 0.115. The number of amides is 2. The molecule has 0 heterocycles. The highest BCUT2D eigenvalue weighted by molar-refractivity contribution is 6.04. The summed E-state index contributed by atoms with van der Waals surface area (Å²) in [7, 11) is 0. The second-order valence-corrected chi connectivity index (χ2v) is 7.07. The van der Waals surface area contributed by atoms with Gasteiger partial charge in [-0.1, -0.05) is 24.3 Å². The summed E-state index contributed by atoms with van der Waals surface area (Å²) in [5.41, 5.74) is 0.461. The van der Waals surface area contributed by atoms with Crippen molar-refractivity contribution >= 4 is 17.5 Å². The highest BCUT2D eigenvalue weighted by Crippen LogP contribution is 2.30. The van der Waals surface area contributed by atoms with Crippen LogP contribution in [0.3, 0.4) is 0 Å². The van der Waals surface area contributed by atoms with E-state index in [1.165, 1.54) is 6.07 Å². The molecule has 3 rings (SSSR count). The number of anilines is 1. The highest BCUT2D eigenvalue weighted by Gasteiger charge is 2.30. The molecule has 5 nitrogen and oxygen atoms in total. The van der Waals surface area contributed by atoms with Crippen molar-refractivity contribution in [3.05, 3.63) is 65.2 Å². The number of alkyl halides is 3. The van der Waals surface area contributed by atoms with Gasteiger partial charge in [0.25, 0.3) is 5.91 Å². The quantitative estimate of drug-likeness (QED) is 0.655. The SMILES string of the molecule is C[C@H](NCC(=O)Nc1ccccc1C(=O)NC1CC1)c1cccc(C(F)(F)F)c1. The predicted octanol–water partition coefficient (Wildman–Crippen LogP) is 3.89. The van der Waals surface area contributed by atoms with E-state index in [2.05, 4.69) is 16.0 Å². The third-order valence-corrected chi connectivity index (χ3v) is 4.64. The Hall–Kier alpha value is -2.87. The monoisotopic (exact) mass is 405 g/mol. The molecular weight excluding hydrogens is 383 g/mol. The van der Waals surface area contributed by atoms with Crippen LogP contribution in [0.4, 0.5) is 18.9 Å². The summed E-state index contributed by atoms with van der Waals surface area (Å²) in [4.78, 5) is 24.6. The van der Waals surface area contributed by atoms with Gasteiger partial charge in [0.15, 0.2) is 0 Å². The summed E-state index contributed by atoms with van der Waals surface area (Å²) in [5.74, 6) is -0.635. The molecule has 0 radical (unpaired) electrons. The van der Waals surface area contributed by atoms with Crippen LogP contribution in [0, 0.1) is 0 Å². The fourth-order valence-corrected chi connectivity index (χ4v) is 2.82. The number of carbonyl (C=O) groups is 2. The van der Waals surface area contributed by atoms with E-state index in [0.717, 1.165) is 25.0 Å². The second kappa shape index (κ2) is 8.65. The average molecular weight is 405 g/mol. The van der Waals surface area contributed by atoms with Gasteiger partial charge in [0, 0.05) is 12.1 Å². The Kier molecular flexibility index (Phi) is 6.22. The number of rotatable bonds is 7. The molecule has 1 aliphatic rings. The number of carbonyl (C=O) groups excluding carboxylic acids is 2. The van der Waals surface area contributed by atoms with Gasteiger partial charge in [0.2, 0.25) is 5.91 Å². The van der Waals surface area contributed by atoms with Crippen molar-refractivity contribution in [1.82, 2.24) is 10.6 Å². The largest absolute Gasteiger partial charge is 0.416 e. The van der Waals surface area contributed by atoms with E-state index in [9.17, 15) is 22.8 Å². The molecule has 154 valence electrons. The Morgan fingerprint density at radius 2 is 1.83 bits per heavy atom. The number of nitrogens with one attached hydrogen (secondary N) is 3. The van der Waals surface area contributed by atoms with Gasteiger partial charge in [0.05, 0.1) is 23.4 Å². The molecule has 1 saturated carbocycles. The van der Waals surface area contributed by atoms with Crippen LogP contribution in [0.15, 0.2) is 48.5 Å². The second-order valence-electron chi connectivity index (χ2n) is 7.07. The zero-order chi connectivity index (χ0) is 21.0. The van der Waals surface area contributed by atoms with Crippen LogP contribution in [0.25, 0.3) is 0 Å². The minimum Gasteiger partial charge on any atom is -0.349 e. The van der Waals surface area contributed by atoms with Crippen molar-refractivity contribution in [3.63, 3.8) is 0 Å². The Morgan fingerprint density at radius 3 is 2.52 bits per heavy atom. The summed E-state index contributed by atoms with van der Waals surface area (Å²) >= 11 is 0. The number of hydrogen-bond donors (Lipinski definition) is 3. The van der Waals surface area contributed by atoms with Crippen LogP contribution in [0.1, 0.15) is 47.3 Å². The summed E-state index contributed by atoms with van der Waals surface area (Å²) in [6.07, 6.45) is -2.51. The maximum absolute atomic E-state index is 12.9. The van der Waals surface area contributed by atoms with E-state index in [1.807, 2.05) is 0 Å². The van der Waals surface area contributed by atoms with Crippen LogP contribution in [-0.4, -0.2) is 24.4 Å². The van der Waals surface area contributed by atoms with Crippen molar-refractivity contribution in [2.24, 2.45) is 0 Å². The van der Waals surface area contributed by atoms with Crippen LogP contribution in [0.5, 0.6) is 0 Å². The Morgan fingerprint density at radius 1 is 1.10 bits per heavy atom. The van der Waals surface area contributed by atoms with E-state index in [0.29, 0.717) is 16.8 Å². The van der Waals surface area contributed by atoms with Crippen molar-refractivity contribution in [2.75, 3.05) is 11.9 Å². The number of para-hydroxylation sites is 1. The van der Waals surface area contributed by atoms with E-state index in [-0.39, 0.29) is 18.5 Å². The molecule has 2 aromatic carbocycles. The smallest absolute Gasteiger partial charge is 0.349 e.